The second-order valence-corrected chi connectivity index (χ2v) is 6.31. The quantitative estimate of drug-likeness (QED) is 0.831. The van der Waals surface area contributed by atoms with Crippen molar-refractivity contribution in [3.05, 3.63) is 70.7 Å². The molecule has 0 radical (unpaired) electrons. The van der Waals surface area contributed by atoms with Crippen LogP contribution in [0.1, 0.15) is 24.0 Å². The van der Waals surface area contributed by atoms with Crippen LogP contribution in [0, 0.1) is 0 Å². The molecule has 2 nitrogen and oxygen atoms in total. The Morgan fingerprint density at radius 1 is 1.05 bits per heavy atom. The van der Waals surface area contributed by atoms with Gasteiger partial charge in [0.05, 0.1) is 6.42 Å². The fraction of sp³-hybridized carbons (Fsp3) is 0.316. The molecule has 1 heterocycles. The summed E-state index contributed by atoms with van der Waals surface area (Å²) in [5, 5.41) is 0.708. The van der Waals surface area contributed by atoms with Crippen molar-refractivity contribution in [1.29, 1.82) is 0 Å². The highest BCUT2D eigenvalue weighted by molar-refractivity contribution is 6.30. The van der Waals surface area contributed by atoms with Gasteiger partial charge in [-0.2, -0.15) is 0 Å². The highest BCUT2D eigenvalue weighted by atomic mass is 35.5. The maximum Gasteiger partial charge on any atom is 0.227 e. The highest BCUT2D eigenvalue weighted by Crippen LogP contribution is 2.22. The first kappa shape index (κ1) is 15.1. The lowest BCUT2D eigenvalue weighted by molar-refractivity contribution is -0.131. The molecular weight excluding hydrogens is 294 g/mol. The molecule has 22 heavy (non-hydrogen) atoms. The molecular formula is C19H20ClNO. The molecule has 0 aliphatic carbocycles. The van der Waals surface area contributed by atoms with Crippen molar-refractivity contribution >= 4 is 17.5 Å². The monoisotopic (exact) mass is 313 g/mol. The number of nitrogens with zero attached hydrogens (tertiary/aromatic N) is 1. The van der Waals surface area contributed by atoms with E-state index in [4.69, 9.17) is 11.6 Å². The van der Waals surface area contributed by atoms with Gasteiger partial charge in [0, 0.05) is 17.6 Å². The predicted octanol–water partition coefficient (Wildman–Crippen LogP) is 4.12. The Bertz CT molecular complexity index is 624. The van der Waals surface area contributed by atoms with E-state index in [1.807, 2.05) is 30.3 Å². The normalized spacial score (nSPS) is 17.7. The molecule has 1 unspecified atom stereocenters. The Hall–Kier alpha value is -1.80. The number of hydrogen-bond donors (Lipinski definition) is 0. The molecule has 1 aliphatic heterocycles. The van der Waals surface area contributed by atoms with Crippen molar-refractivity contribution in [1.82, 2.24) is 4.90 Å². The average molecular weight is 314 g/mol. The molecule has 2 aromatic rings. The molecule has 114 valence electrons. The Kier molecular flexibility index (Phi) is 4.79. The Balaban J connectivity index is 1.64. The molecule has 0 saturated carbocycles. The van der Waals surface area contributed by atoms with E-state index in [1.54, 1.807) is 0 Å². The van der Waals surface area contributed by atoms with Gasteiger partial charge in [0.1, 0.15) is 0 Å². The number of benzene rings is 2. The van der Waals surface area contributed by atoms with Gasteiger partial charge in [0.15, 0.2) is 0 Å². The number of amides is 1. The molecule has 3 rings (SSSR count). The summed E-state index contributed by atoms with van der Waals surface area (Å²) in [6, 6.07) is 18.3. The maximum atomic E-state index is 12.6. The first-order chi connectivity index (χ1) is 10.7. The molecule has 1 atom stereocenters. The standard InChI is InChI=1S/C19H20ClNO/c20-17-10-8-16(9-11-17)14-19(22)21-12-4-7-18(21)13-15-5-2-1-3-6-15/h1-3,5-6,8-11,18H,4,7,12-14H2. The van der Waals surface area contributed by atoms with Crippen LogP contribution < -0.4 is 0 Å². The van der Waals surface area contributed by atoms with E-state index in [2.05, 4.69) is 29.2 Å². The zero-order valence-electron chi connectivity index (χ0n) is 12.5. The third kappa shape index (κ3) is 3.69. The van der Waals surface area contributed by atoms with Gasteiger partial charge >= 0.3 is 0 Å². The van der Waals surface area contributed by atoms with Crippen LogP contribution in [0.15, 0.2) is 54.6 Å². The molecule has 2 aromatic carbocycles. The summed E-state index contributed by atoms with van der Waals surface area (Å²) in [5.41, 5.74) is 2.33. The van der Waals surface area contributed by atoms with E-state index in [9.17, 15) is 4.79 Å². The van der Waals surface area contributed by atoms with E-state index < -0.39 is 0 Å². The molecule has 0 N–H and O–H groups in total. The van der Waals surface area contributed by atoms with Crippen LogP contribution >= 0.6 is 11.6 Å². The van der Waals surface area contributed by atoms with Gasteiger partial charge in [0.2, 0.25) is 5.91 Å². The molecule has 1 fully saturated rings. The third-order valence-corrected chi connectivity index (χ3v) is 4.53. The van der Waals surface area contributed by atoms with Crippen LogP contribution in [0.25, 0.3) is 0 Å². The van der Waals surface area contributed by atoms with E-state index in [0.717, 1.165) is 31.4 Å². The predicted molar refractivity (Wildman–Crippen MR) is 90.0 cm³/mol. The smallest absolute Gasteiger partial charge is 0.227 e. The van der Waals surface area contributed by atoms with Crippen LogP contribution in [0.5, 0.6) is 0 Å². The molecule has 1 amide bonds. The van der Waals surface area contributed by atoms with Crippen LogP contribution in [-0.2, 0) is 17.6 Å². The van der Waals surface area contributed by atoms with Gasteiger partial charge < -0.3 is 4.90 Å². The molecule has 0 spiro atoms. The Morgan fingerprint density at radius 3 is 2.50 bits per heavy atom. The van der Waals surface area contributed by atoms with Crippen LogP contribution in [0.2, 0.25) is 5.02 Å². The minimum Gasteiger partial charge on any atom is -0.339 e. The molecule has 1 aliphatic rings. The Morgan fingerprint density at radius 2 is 1.77 bits per heavy atom. The lowest BCUT2D eigenvalue weighted by Gasteiger charge is -2.25. The summed E-state index contributed by atoms with van der Waals surface area (Å²) in [5.74, 6) is 0.223. The van der Waals surface area contributed by atoms with Crippen molar-refractivity contribution in [2.45, 2.75) is 31.7 Å². The summed E-state index contributed by atoms with van der Waals surface area (Å²) >= 11 is 5.89. The summed E-state index contributed by atoms with van der Waals surface area (Å²) in [7, 11) is 0. The first-order valence-electron chi connectivity index (χ1n) is 7.80. The second kappa shape index (κ2) is 6.97. The van der Waals surface area contributed by atoms with Crippen molar-refractivity contribution in [2.75, 3.05) is 6.54 Å². The number of hydrogen-bond acceptors (Lipinski definition) is 1. The van der Waals surface area contributed by atoms with Gasteiger partial charge in [-0.1, -0.05) is 54.1 Å². The number of carbonyl (C=O) groups excluding carboxylic acids is 1. The minimum absolute atomic E-state index is 0.223. The van der Waals surface area contributed by atoms with Crippen LogP contribution in [-0.4, -0.2) is 23.4 Å². The summed E-state index contributed by atoms with van der Waals surface area (Å²) in [4.78, 5) is 14.7. The van der Waals surface area contributed by atoms with Gasteiger partial charge in [-0.3, -0.25) is 4.79 Å². The van der Waals surface area contributed by atoms with Gasteiger partial charge in [0.25, 0.3) is 0 Å². The van der Waals surface area contributed by atoms with E-state index in [1.165, 1.54) is 5.56 Å². The minimum atomic E-state index is 0.223. The molecule has 0 bridgehead atoms. The topological polar surface area (TPSA) is 20.3 Å². The van der Waals surface area contributed by atoms with Crippen molar-refractivity contribution in [3.63, 3.8) is 0 Å². The van der Waals surface area contributed by atoms with Gasteiger partial charge in [-0.25, -0.2) is 0 Å². The number of halogens is 1. The fourth-order valence-electron chi connectivity index (χ4n) is 3.14. The zero-order valence-corrected chi connectivity index (χ0v) is 13.3. The highest BCUT2D eigenvalue weighted by Gasteiger charge is 2.28. The SMILES string of the molecule is O=C(Cc1ccc(Cl)cc1)N1CCCC1Cc1ccccc1. The lowest BCUT2D eigenvalue weighted by Crippen LogP contribution is -2.37. The third-order valence-electron chi connectivity index (χ3n) is 4.28. The van der Waals surface area contributed by atoms with Gasteiger partial charge in [-0.15, -0.1) is 0 Å². The molecule has 0 aromatic heterocycles. The second-order valence-electron chi connectivity index (χ2n) is 5.88. The molecule has 3 heteroatoms. The molecule has 1 saturated heterocycles. The Labute approximate surface area is 136 Å². The van der Waals surface area contributed by atoms with Crippen molar-refractivity contribution in [2.24, 2.45) is 0 Å². The van der Waals surface area contributed by atoms with Crippen molar-refractivity contribution < 1.29 is 4.79 Å². The fourth-order valence-corrected chi connectivity index (χ4v) is 3.27. The van der Waals surface area contributed by atoms with Crippen LogP contribution in [0.3, 0.4) is 0 Å². The summed E-state index contributed by atoms with van der Waals surface area (Å²) in [6.45, 7) is 0.879. The average Bonchev–Trinajstić information content (AvgIpc) is 2.99. The van der Waals surface area contributed by atoms with Crippen molar-refractivity contribution in [3.8, 4) is 0 Å². The summed E-state index contributed by atoms with van der Waals surface area (Å²) in [6.07, 6.45) is 3.61. The van der Waals surface area contributed by atoms with E-state index in [-0.39, 0.29) is 5.91 Å². The maximum absolute atomic E-state index is 12.6. The van der Waals surface area contributed by atoms with Crippen LogP contribution in [0.4, 0.5) is 0 Å². The van der Waals surface area contributed by atoms with Gasteiger partial charge in [-0.05, 0) is 42.5 Å². The lowest BCUT2D eigenvalue weighted by atomic mass is 10.0. The number of rotatable bonds is 4. The largest absolute Gasteiger partial charge is 0.339 e. The number of carbonyl (C=O) groups is 1. The van der Waals surface area contributed by atoms with E-state index in [0.29, 0.717) is 17.5 Å². The summed E-state index contributed by atoms with van der Waals surface area (Å²) < 4.78 is 0. The number of likely N-dealkylation sites (tertiary alicyclic amines) is 1. The first-order valence-corrected chi connectivity index (χ1v) is 8.18. The van der Waals surface area contributed by atoms with E-state index >= 15 is 0 Å². The zero-order chi connectivity index (χ0) is 15.4.